The topological polar surface area (TPSA) is 17.1 Å². The van der Waals surface area contributed by atoms with Crippen molar-refractivity contribution < 1.29 is 4.79 Å². The van der Waals surface area contributed by atoms with Crippen LogP contribution in [-0.2, 0) is 4.79 Å². The molecule has 3 aromatic carbocycles. The second-order valence-electron chi connectivity index (χ2n) is 6.56. The second-order valence-corrected chi connectivity index (χ2v) is 8.41. The van der Waals surface area contributed by atoms with Crippen LogP contribution in [0.2, 0.25) is 0 Å². The number of rotatable bonds is 0. The van der Waals surface area contributed by atoms with Crippen molar-refractivity contribution in [2.45, 2.75) is 11.2 Å². The summed E-state index contributed by atoms with van der Waals surface area (Å²) in [6.45, 7) is 0. The van der Waals surface area contributed by atoms with Crippen LogP contribution in [0, 0.1) is 0 Å². The maximum atomic E-state index is 12.8. The zero-order valence-electron chi connectivity index (χ0n) is 12.7. The Hall–Kier alpha value is -2.10. The summed E-state index contributed by atoms with van der Waals surface area (Å²) >= 11 is 3.24. The van der Waals surface area contributed by atoms with Gasteiger partial charge in [0.25, 0.3) is 0 Å². The van der Waals surface area contributed by atoms with Crippen LogP contribution >= 0.6 is 23.1 Å². The Kier molecular flexibility index (Phi) is 2.48. The lowest BCUT2D eigenvalue weighted by Gasteiger charge is -2.38. The molecule has 7 rings (SSSR count). The van der Waals surface area contributed by atoms with Crippen LogP contribution in [0.25, 0.3) is 21.5 Å². The number of carbonyl (C=O) groups excluding carboxylic acids is 1. The number of carbonyl (C=O) groups is 1. The van der Waals surface area contributed by atoms with Gasteiger partial charge in [-0.25, -0.2) is 0 Å². The summed E-state index contributed by atoms with van der Waals surface area (Å²) < 4.78 is 0. The van der Waals surface area contributed by atoms with Crippen molar-refractivity contribution in [3.05, 3.63) is 81.5 Å². The molecule has 0 radical (unpaired) electrons. The normalized spacial score (nSPS) is 21.2. The van der Waals surface area contributed by atoms with E-state index in [0.717, 1.165) is 0 Å². The molecule has 0 spiro atoms. The molecular weight excluding hydrogens is 332 g/mol. The Morgan fingerprint density at radius 2 is 1.25 bits per heavy atom. The molecule has 2 atom stereocenters. The summed E-state index contributed by atoms with van der Waals surface area (Å²) in [5, 5.41) is 9.84. The van der Waals surface area contributed by atoms with Crippen molar-refractivity contribution in [3.63, 3.8) is 0 Å². The summed E-state index contributed by atoms with van der Waals surface area (Å²) in [6, 6.07) is 17.5. The first kappa shape index (κ1) is 13.2. The Balaban J connectivity index is 1.71. The third-order valence-electron chi connectivity index (χ3n) is 5.29. The first-order valence-electron chi connectivity index (χ1n) is 8.02. The van der Waals surface area contributed by atoms with Crippen molar-refractivity contribution in [2.75, 3.05) is 0 Å². The van der Waals surface area contributed by atoms with E-state index in [2.05, 4.69) is 59.3 Å². The lowest BCUT2D eigenvalue weighted by atomic mass is 9.76. The van der Waals surface area contributed by atoms with Gasteiger partial charge in [0.05, 0.1) is 11.2 Å². The van der Waals surface area contributed by atoms with E-state index in [1.165, 1.54) is 55.6 Å². The smallest absolute Gasteiger partial charge is 0.201 e. The maximum Gasteiger partial charge on any atom is 0.201 e. The average Bonchev–Trinajstić information content (AvgIpc) is 3.06. The number of hydrogen-bond donors (Lipinski definition) is 0. The van der Waals surface area contributed by atoms with E-state index >= 15 is 0 Å². The first-order chi connectivity index (χ1) is 11.8. The highest BCUT2D eigenvalue weighted by Crippen LogP contribution is 2.57. The molecule has 0 amide bonds. The van der Waals surface area contributed by atoms with Crippen LogP contribution in [0.3, 0.4) is 0 Å². The van der Waals surface area contributed by atoms with Crippen LogP contribution in [0.1, 0.15) is 33.4 Å². The van der Waals surface area contributed by atoms with Gasteiger partial charge in [-0.15, -0.1) is 0 Å². The van der Waals surface area contributed by atoms with E-state index in [9.17, 15) is 4.79 Å². The molecule has 3 heteroatoms. The van der Waals surface area contributed by atoms with Gasteiger partial charge in [0.15, 0.2) is 0 Å². The molecule has 1 aliphatic carbocycles. The SMILES string of the molecule is O=C1SC2c3cc4ccccc4cc3C1c1cc3cscc3cc12. The largest absolute Gasteiger partial charge is 0.286 e. The molecule has 0 N–H and O–H groups in total. The van der Waals surface area contributed by atoms with Crippen molar-refractivity contribution in [2.24, 2.45) is 0 Å². The zero-order valence-corrected chi connectivity index (χ0v) is 14.3. The molecule has 1 nitrogen and oxygen atoms in total. The van der Waals surface area contributed by atoms with Crippen molar-refractivity contribution in [1.29, 1.82) is 0 Å². The molecule has 3 aliphatic rings. The van der Waals surface area contributed by atoms with Gasteiger partial charge >= 0.3 is 0 Å². The number of benzene rings is 3. The van der Waals surface area contributed by atoms with Crippen molar-refractivity contribution >= 4 is 49.8 Å². The minimum atomic E-state index is -0.112. The lowest BCUT2D eigenvalue weighted by Crippen LogP contribution is -2.28. The summed E-state index contributed by atoms with van der Waals surface area (Å²) in [5.41, 5.74) is 5.09. The van der Waals surface area contributed by atoms with E-state index < -0.39 is 0 Å². The summed E-state index contributed by atoms with van der Waals surface area (Å²) in [6.07, 6.45) is 0. The van der Waals surface area contributed by atoms with E-state index in [4.69, 9.17) is 0 Å². The third kappa shape index (κ3) is 1.59. The molecule has 4 aromatic rings. The molecule has 0 saturated carbocycles. The molecule has 24 heavy (non-hydrogen) atoms. The predicted molar refractivity (Wildman–Crippen MR) is 102 cm³/mol. The number of thioether (sulfide) groups is 1. The average molecular weight is 344 g/mol. The second kappa shape index (κ2) is 4.50. The van der Waals surface area contributed by atoms with Gasteiger partial charge in [-0.1, -0.05) is 36.0 Å². The van der Waals surface area contributed by atoms with Crippen molar-refractivity contribution in [1.82, 2.24) is 0 Å². The van der Waals surface area contributed by atoms with Crippen LogP contribution < -0.4 is 0 Å². The standard InChI is InChI=1S/C21H12OS2/c22-21-19-15-5-11-3-1-2-4-12(11)6-17(15)20(24-21)18-8-14-10-23-9-13(14)7-16(18)19/h1-10,19-20H. The van der Waals surface area contributed by atoms with Gasteiger partial charge in [-0.3, -0.25) is 4.79 Å². The first-order valence-corrected chi connectivity index (χ1v) is 9.85. The highest BCUT2D eigenvalue weighted by atomic mass is 32.2. The predicted octanol–water partition coefficient (Wildman–Crippen LogP) is 5.86. The van der Waals surface area contributed by atoms with Gasteiger partial charge in [0.1, 0.15) is 0 Å². The number of fused-ring (bicyclic) bond motifs is 3. The van der Waals surface area contributed by atoms with Gasteiger partial charge in [0, 0.05) is 0 Å². The Morgan fingerprint density at radius 3 is 1.92 bits per heavy atom. The molecule has 2 unspecified atom stereocenters. The monoisotopic (exact) mass is 344 g/mol. The molecule has 114 valence electrons. The highest BCUT2D eigenvalue weighted by molar-refractivity contribution is 8.14. The van der Waals surface area contributed by atoms with Crippen molar-refractivity contribution in [3.8, 4) is 0 Å². The van der Waals surface area contributed by atoms with Gasteiger partial charge in [0.2, 0.25) is 5.12 Å². The molecule has 1 aromatic heterocycles. The Labute approximate surface area is 147 Å². The van der Waals surface area contributed by atoms with Crippen LogP contribution in [-0.4, -0.2) is 5.12 Å². The van der Waals surface area contributed by atoms with Gasteiger partial charge in [-0.2, -0.15) is 11.3 Å². The third-order valence-corrected chi connectivity index (χ3v) is 7.28. The van der Waals surface area contributed by atoms with Gasteiger partial charge in [-0.05, 0) is 78.8 Å². The maximum absolute atomic E-state index is 12.8. The van der Waals surface area contributed by atoms with E-state index in [0.29, 0.717) is 5.12 Å². The molecule has 3 heterocycles. The quantitative estimate of drug-likeness (QED) is 0.397. The molecule has 2 aliphatic heterocycles. The molecule has 0 saturated heterocycles. The summed E-state index contributed by atoms with van der Waals surface area (Å²) in [5.74, 6) is -0.112. The minimum absolute atomic E-state index is 0.112. The molecule has 0 fully saturated rings. The van der Waals surface area contributed by atoms with E-state index in [1.54, 1.807) is 11.3 Å². The summed E-state index contributed by atoms with van der Waals surface area (Å²) in [4.78, 5) is 12.8. The minimum Gasteiger partial charge on any atom is -0.286 e. The fraction of sp³-hybridized carbons (Fsp3) is 0.0952. The number of thiophene rings is 1. The fourth-order valence-corrected chi connectivity index (χ4v) is 6.24. The fourth-order valence-electron chi connectivity index (χ4n) is 4.18. The zero-order chi connectivity index (χ0) is 15.8. The lowest BCUT2D eigenvalue weighted by molar-refractivity contribution is -0.111. The Bertz CT molecular complexity index is 1170. The summed E-state index contributed by atoms with van der Waals surface area (Å²) in [7, 11) is 0. The van der Waals surface area contributed by atoms with Crippen LogP contribution in [0.4, 0.5) is 0 Å². The Morgan fingerprint density at radius 1 is 0.708 bits per heavy atom. The van der Waals surface area contributed by atoms with Crippen LogP contribution in [0.5, 0.6) is 0 Å². The molecular formula is C21H12OS2. The van der Waals surface area contributed by atoms with Crippen LogP contribution in [0.15, 0.2) is 59.3 Å². The highest BCUT2D eigenvalue weighted by Gasteiger charge is 2.43. The van der Waals surface area contributed by atoms with E-state index in [1.807, 2.05) is 0 Å². The van der Waals surface area contributed by atoms with Gasteiger partial charge < -0.3 is 0 Å². The van der Waals surface area contributed by atoms with E-state index in [-0.39, 0.29) is 11.2 Å². The molecule has 2 bridgehead atoms. The number of hydrogen-bond acceptors (Lipinski definition) is 3.